The highest BCUT2D eigenvalue weighted by Gasteiger charge is 2.21. The van der Waals surface area contributed by atoms with Gasteiger partial charge in [0.25, 0.3) is 5.91 Å². The fourth-order valence-corrected chi connectivity index (χ4v) is 3.98. The Hall–Kier alpha value is -3.51. The molecule has 2 N–H and O–H groups in total. The number of para-hydroxylation sites is 1. The van der Waals surface area contributed by atoms with Crippen LogP contribution in [-0.4, -0.2) is 36.1 Å². The minimum absolute atomic E-state index is 0.114. The Morgan fingerprint density at radius 2 is 2.00 bits per heavy atom. The van der Waals surface area contributed by atoms with E-state index in [1.807, 2.05) is 49.5 Å². The zero-order valence-electron chi connectivity index (χ0n) is 17.9. The van der Waals surface area contributed by atoms with Crippen LogP contribution in [0.15, 0.2) is 67.0 Å². The van der Waals surface area contributed by atoms with Crippen LogP contribution in [0.1, 0.15) is 34.3 Å². The number of amides is 1. The second-order valence-corrected chi connectivity index (χ2v) is 7.65. The molecule has 32 heavy (non-hydrogen) atoms. The summed E-state index contributed by atoms with van der Waals surface area (Å²) in [6.45, 7) is 2.87. The molecule has 0 radical (unpaired) electrons. The minimum atomic E-state index is -0.211. The van der Waals surface area contributed by atoms with E-state index in [1.165, 1.54) is 6.20 Å². The van der Waals surface area contributed by atoms with Crippen molar-refractivity contribution in [2.75, 3.05) is 20.3 Å². The molecule has 0 bridgehead atoms. The van der Waals surface area contributed by atoms with E-state index in [-0.39, 0.29) is 17.0 Å². The van der Waals surface area contributed by atoms with E-state index in [0.29, 0.717) is 30.2 Å². The quantitative estimate of drug-likeness (QED) is 0.363. The minimum Gasteiger partial charge on any atom is -0.493 e. The van der Waals surface area contributed by atoms with Gasteiger partial charge in [-0.25, -0.2) is 4.98 Å². The molecule has 2 aromatic heterocycles. The van der Waals surface area contributed by atoms with Gasteiger partial charge in [-0.3, -0.25) is 4.79 Å². The van der Waals surface area contributed by atoms with Gasteiger partial charge in [-0.1, -0.05) is 35.9 Å². The van der Waals surface area contributed by atoms with Gasteiger partial charge in [-0.2, -0.15) is 0 Å². The van der Waals surface area contributed by atoms with Crippen LogP contribution in [0.5, 0.6) is 11.5 Å². The molecule has 0 aliphatic carbocycles. The van der Waals surface area contributed by atoms with Crippen molar-refractivity contribution in [2.45, 2.75) is 12.8 Å². The van der Waals surface area contributed by atoms with Gasteiger partial charge in [-0.15, -0.1) is 0 Å². The molecule has 6 nitrogen and oxygen atoms in total. The zero-order valence-corrected chi connectivity index (χ0v) is 18.6. The topological polar surface area (TPSA) is 76.2 Å². The Balaban J connectivity index is 1.70. The maximum atomic E-state index is 12.8. The molecule has 0 saturated heterocycles. The number of rotatable bonds is 8. The first-order chi connectivity index (χ1) is 15.6. The number of aromatic amines is 1. The second-order valence-electron chi connectivity index (χ2n) is 7.26. The molecule has 1 unspecified atom stereocenters. The van der Waals surface area contributed by atoms with E-state index in [1.54, 1.807) is 19.2 Å². The van der Waals surface area contributed by atoms with Crippen molar-refractivity contribution in [1.82, 2.24) is 15.3 Å². The number of methoxy groups -OCH3 is 1. The lowest BCUT2D eigenvalue weighted by atomic mass is 9.90. The van der Waals surface area contributed by atoms with Gasteiger partial charge in [-0.05, 0) is 48.4 Å². The number of hydrogen-bond acceptors (Lipinski definition) is 4. The predicted octanol–water partition coefficient (Wildman–Crippen LogP) is 5.19. The first-order valence-corrected chi connectivity index (χ1v) is 10.7. The highest BCUT2D eigenvalue weighted by atomic mass is 35.5. The lowest BCUT2D eigenvalue weighted by Gasteiger charge is -2.20. The summed E-state index contributed by atoms with van der Waals surface area (Å²) >= 11 is 5.95. The number of ether oxygens (including phenoxy) is 2. The summed E-state index contributed by atoms with van der Waals surface area (Å²) in [6.07, 6.45) is 3.51. The van der Waals surface area contributed by atoms with Crippen LogP contribution < -0.4 is 14.8 Å². The van der Waals surface area contributed by atoms with Crippen molar-refractivity contribution < 1.29 is 14.3 Å². The summed E-state index contributed by atoms with van der Waals surface area (Å²) in [7, 11) is 1.62. The lowest BCUT2D eigenvalue weighted by molar-refractivity contribution is 0.0952. The van der Waals surface area contributed by atoms with Gasteiger partial charge < -0.3 is 19.8 Å². The van der Waals surface area contributed by atoms with E-state index in [9.17, 15) is 4.79 Å². The van der Waals surface area contributed by atoms with Crippen LogP contribution in [0.2, 0.25) is 5.15 Å². The van der Waals surface area contributed by atoms with E-state index < -0.39 is 0 Å². The van der Waals surface area contributed by atoms with Crippen LogP contribution in [-0.2, 0) is 0 Å². The molecular formula is C25H24ClN3O3. The van der Waals surface area contributed by atoms with Crippen molar-refractivity contribution >= 4 is 28.4 Å². The average molecular weight is 450 g/mol. The normalized spacial score (nSPS) is 11.8. The van der Waals surface area contributed by atoms with Gasteiger partial charge >= 0.3 is 0 Å². The first-order valence-electron chi connectivity index (χ1n) is 10.4. The molecule has 4 rings (SSSR count). The van der Waals surface area contributed by atoms with Crippen LogP contribution in [0, 0.1) is 0 Å². The molecule has 7 heteroatoms. The number of H-pyrrole nitrogens is 1. The Bertz CT molecular complexity index is 1240. The van der Waals surface area contributed by atoms with Gasteiger partial charge in [0.15, 0.2) is 11.5 Å². The van der Waals surface area contributed by atoms with Gasteiger partial charge in [0.2, 0.25) is 0 Å². The van der Waals surface area contributed by atoms with Crippen LogP contribution >= 0.6 is 11.6 Å². The molecule has 164 valence electrons. The number of carbonyl (C=O) groups excluding carboxylic acids is 1. The first kappa shape index (κ1) is 21.7. The van der Waals surface area contributed by atoms with Crippen molar-refractivity contribution in [3.63, 3.8) is 0 Å². The van der Waals surface area contributed by atoms with E-state index >= 15 is 0 Å². The second kappa shape index (κ2) is 9.75. The molecule has 0 spiro atoms. The smallest absolute Gasteiger partial charge is 0.251 e. The molecule has 2 heterocycles. The maximum absolute atomic E-state index is 12.8. The van der Waals surface area contributed by atoms with Crippen LogP contribution in [0.25, 0.3) is 10.9 Å². The number of aromatic nitrogens is 2. The summed E-state index contributed by atoms with van der Waals surface area (Å²) in [5.41, 5.74) is 3.59. The number of hydrogen-bond donors (Lipinski definition) is 2. The molecule has 1 amide bonds. The molecule has 0 fully saturated rings. The molecule has 2 aromatic carbocycles. The lowest BCUT2D eigenvalue weighted by Crippen LogP contribution is -2.29. The summed E-state index contributed by atoms with van der Waals surface area (Å²) in [4.78, 5) is 20.0. The third-order valence-electron chi connectivity index (χ3n) is 5.34. The Kier molecular flexibility index (Phi) is 6.61. The molecule has 4 aromatic rings. The third kappa shape index (κ3) is 4.55. The predicted molar refractivity (Wildman–Crippen MR) is 126 cm³/mol. The highest BCUT2D eigenvalue weighted by molar-refractivity contribution is 6.29. The van der Waals surface area contributed by atoms with Crippen LogP contribution in [0.4, 0.5) is 0 Å². The van der Waals surface area contributed by atoms with Crippen molar-refractivity contribution in [3.8, 4) is 11.5 Å². The molecule has 0 aliphatic heterocycles. The summed E-state index contributed by atoms with van der Waals surface area (Å²) < 4.78 is 11.2. The number of halogens is 1. The number of pyridine rings is 1. The SMILES string of the molecule is CCOc1ccc(C(CNC(=O)c2ccnc(Cl)c2)c2c[nH]c3ccccc23)cc1OC. The van der Waals surface area contributed by atoms with Crippen LogP contribution in [0.3, 0.4) is 0 Å². The standard InChI is InChI=1S/C25H24ClN3O3/c1-3-32-22-9-8-16(12-23(22)31-2)19(20-15-28-21-7-5-4-6-18(20)21)14-29-25(30)17-10-11-27-24(26)13-17/h4-13,15,19,28H,3,14H2,1-2H3,(H,29,30). The Labute approximate surface area is 191 Å². The number of nitrogens with one attached hydrogen (secondary N) is 2. The van der Waals surface area contributed by atoms with Gasteiger partial charge in [0, 0.05) is 41.3 Å². The van der Waals surface area contributed by atoms with Crippen molar-refractivity contribution in [2.24, 2.45) is 0 Å². The molecule has 1 atom stereocenters. The summed E-state index contributed by atoms with van der Waals surface area (Å²) in [5, 5.41) is 4.43. The number of benzene rings is 2. The molecule has 0 saturated carbocycles. The summed E-state index contributed by atoms with van der Waals surface area (Å²) in [6, 6.07) is 17.2. The van der Waals surface area contributed by atoms with Crippen molar-refractivity contribution in [1.29, 1.82) is 0 Å². The monoisotopic (exact) mass is 449 g/mol. The summed E-state index contributed by atoms with van der Waals surface area (Å²) in [5.74, 6) is 1.02. The van der Waals surface area contributed by atoms with E-state index in [4.69, 9.17) is 21.1 Å². The molecule has 0 aliphatic rings. The maximum Gasteiger partial charge on any atom is 0.251 e. The largest absolute Gasteiger partial charge is 0.493 e. The van der Waals surface area contributed by atoms with Gasteiger partial charge in [0.05, 0.1) is 13.7 Å². The van der Waals surface area contributed by atoms with Crippen molar-refractivity contribution in [3.05, 3.63) is 88.8 Å². The van der Waals surface area contributed by atoms with E-state index in [0.717, 1.165) is 22.0 Å². The fourth-order valence-electron chi connectivity index (χ4n) is 3.81. The number of carbonyl (C=O) groups is 1. The number of fused-ring (bicyclic) bond motifs is 1. The Morgan fingerprint density at radius 3 is 2.78 bits per heavy atom. The van der Waals surface area contributed by atoms with E-state index in [2.05, 4.69) is 21.4 Å². The Morgan fingerprint density at radius 1 is 1.16 bits per heavy atom. The highest BCUT2D eigenvalue weighted by Crippen LogP contribution is 2.36. The number of nitrogens with zero attached hydrogens (tertiary/aromatic N) is 1. The zero-order chi connectivity index (χ0) is 22.5. The van der Waals surface area contributed by atoms with Gasteiger partial charge in [0.1, 0.15) is 5.15 Å². The third-order valence-corrected chi connectivity index (χ3v) is 5.55. The average Bonchev–Trinajstić information content (AvgIpc) is 3.24. The fraction of sp³-hybridized carbons (Fsp3) is 0.200. The molecular weight excluding hydrogens is 426 g/mol.